The van der Waals surface area contributed by atoms with Crippen molar-refractivity contribution >= 4 is 45.5 Å². The average Bonchev–Trinajstić information content (AvgIpc) is 3.04. The molecule has 3 rings (SSSR count). The zero-order valence-electron chi connectivity index (χ0n) is 14.4. The molecular weight excluding hydrogens is 354 g/mol. The standard InChI is InChI=1S/C18H19N3O4S/c1-3-10-8-11(18(24)25-2)17(26-10)21-15(22)9-14-16(23)20-13-7-5-4-6-12(13)19-14/h4-8,14,19H,3,9H2,1-2H3,(H,20,23)(H,21,22)/t14-/m0/s1. The minimum atomic E-state index is -0.683. The lowest BCUT2D eigenvalue weighted by Crippen LogP contribution is -2.41. The number of rotatable bonds is 5. The Morgan fingerprint density at radius 1 is 1.27 bits per heavy atom. The molecule has 0 fully saturated rings. The molecule has 8 heteroatoms. The van der Waals surface area contributed by atoms with Crippen molar-refractivity contribution in [3.8, 4) is 0 Å². The fraction of sp³-hybridized carbons (Fsp3) is 0.278. The third kappa shape index (κ3) is 3.70. The second-order valence-corrected chi connectivity index (χ2v) is 6.92. The Morgan fingerprint density at radius 2 is 2.00 bits per heavy atom. The van der Waals surface area contributed by atoms with Gasteiger partial charge in [-0.3, -0.25) is 9.59 Å². The van der Waals surface area contributed by atoms with Crippen molar-refractivity contribution in [2.75, 3.05) is 23.1 Å². The second-order valence-electron chi connectivity index (χ2n) is 5.78. The molecule has 0 spiro atoms. The molecule has 1 aromatic carbocycles. The van der Waals surface area contributed by atoms with E-state index >= 15 is 0 Å². The number of para-hydroxylation sites is 2. The van der Waals surface area contributed by atoms with Crippen LogP contribution in [0, 0.1) is 0 Å². The van der Waals surface area contributed by atoms with Crippen LogP contribution in [-0.2, 0) is 20.7 Å². The molecule has 1 atom stereocenters. The number of hydrogen-bond acceptors (Lipinski definition) is 6. The average molecular weight is 373 g/mol. The zero-order valence-corrected chi connectivity index (χ0v) is 15.2. The molecule has 1 aliphatic rings. The summed E-state index contributed by atoms with van der Waals surface area (Å²) in [5.41, 5.74) is 1.78. The van der Waals surface area contributed by atoms with Gasteiger partial charge in [0, 0.05) is 4.88 Å². The number of benzene rings is 1. The van der Waals surface area contributed by atoms with Crippen LogP contribution in [0.1, 0.15) is 28.6 Å². The minimum absolute atomic E-state index is 0.0554. The maximum Gasteiger partial charge on any atom is 0.340 e. The number of aryl methyl sites for hydroxylation is 1. The van der Waals surface area contributed by atoms with Crippen molar-refractivity contribution in [1.29, 1.82) is 0 Å². The second kappa shape index (κ2) is 7.57. The maximum atomic E-state index is 12.4. The minimum Gasteiger partial charge on any atom is -0.465 e. The molecule has 2 heterocycles. The fourth-order valence-electron chi connectivity index (χ4n) is 2.67. The van der Waals surface area contributed by atoms with E-state index < -0.39 is 12.0 Å². The van der Waals surface area contributed by atoms with Gasteiger partial charge in [-0.25, -0.2) is 4.79 Å². The number of carbonyl (C=O) groups is 3. The first-order chi connectivity index (χ1) is 12.5. The molecule has 0 radical (unpaired) electrons. The van der Waals surface area contributed by atoms with Crippen molar-refractivity contribution in [1.82, 2.24) is 0 Å². The summed E-state index contributed by atoms with van der Waals surface area (Å²) in [6, 6.07) is 8.33. The molecule has 136 valence electrons. The lowest BCUT2D eigenvalue weighted by Gasteiger charge is -2.26. The van der Waals surface area contributed by atoms with Crippen LogP contribution in [0.15, 0.2) is 30.3 Å². The van der Waals surface area contributed by atoms with Gasteiger partial charge in [0.05, 0.1) is 30.5 Å². The predicted octanol–water partition coefficient (Wildman–Crippen LogP) is 2.86. The predicted molar refractivity (Wildman–Crippen MR) is 101 cm³/mol. The van der Waals surface area contributed by atoms with Gasteiger partial charge in [-0.2, -0.15) is 0 Å². The largest absolute Gasteiger partial charge is 0.465 e. The number of methoxy groups -OCH3 is 1. The monoisotopic (exact) mass is 373 g/mol. The van der Waals surface area contributed by atoms with Crippen LogP contribution in [0.4, 0.5) is 16.4 Å². The van der Waals surface area contributed by atoms with E-state index in [1.807, 2.05) is 25.1 Å². The van der Waals surface area contributed by atoms with E-state index in [1.54, 1.807) is 12.1 Å². The van der Waals surface area contributed by atoms with Gasteiger partial charge < -0.3 is 20.7 Å². The van der Waals surface area contributed by atoms with Crippen LogP contribution in [0.25, 0.3) is 0 Å². The third-order valence-corrected chi connectivity index (χ3v) is 5.21. The Bertz CT molecular complexity index is 862. The molecule has 0 saturated heterocycles. The molecule has 0 aliphatic carbocycles. The Balaban J connectivity index is 1.71. The van der Waals surface area contributed by atoms with Crippen LogP contribution >= 0.6 is 11.3 Å². The summed E-state index contributed by atoms with van der Waals surface area (Å²) < 4.78 is 4.76. The summed E-state index contributed by atoms with van der Waals surface area (Å²) >= 11 is 1.33. The Kier molecular flexibility index (Phi) is 5.22. The highest BCUT2D eigenvalue weighted by Gasteiger charge is 2.28. The number of anilines is 3. The smallest absolute Gasteiger partial charge is 0.340 e. The van der Waals surface area contributed by atoms with Crippen LogP contribution in [0.5, 0.6) is 0 Å². The van der Waals surface area contributed by atoms with E-state index in [-0.39, 0.29) is 18.2 Å². The normalized spacial score (nSPS) is 15.5. The summed E-state index contributed by atoms with van der Waals surface area (Å²) in [5, 5.41) is 9.02. The topological polar surface area (TPSA) is 96.5 Å². The molecule has 3 N–H and O–H groups in total. The molecule has 26 heavy (non-hydrogen) atoms. The van der Waals surface area contributed by atoms with Gasteiger partial charge in [0.15, 0.2) is 0 Å². The van der Waals surface area contributed by atoms with Gasteiger partial charge in [0.1, 0.15) is 11.0 Å². The number of amides is 2. The number of ether oxygens (including phenoxy) is 1. The van der Waals surface area contributed by atoms with Gasteiger partial charge in [-0.05, 0) is 24.6 Å². The highest BCUT2D eigenvalue weighted by molar-refractivity contribution is 7.16. The van der Waals surface area contributed by atoms with Gasteiger partial charge in [0.2, 0.25) is 11.8 Å². The summed E-state index contributed by atoms with van der Waals surface area (Å²) in [4.78, 5) is 37.5. The van der Waals surface area contributed by atoms with Crippen molar-refractivity contribution in [3.05, 3.63) is 40.8 Å². The van der Waals surface area contributed by atoms with Crippen LogP contribution in [0.3, 0.4) is 0 Å². The van der Waals surface area contributed by atoms with Crippen molar-refractivity contribution in [2.24, 2.45) is 0 Å². The summed E-state index contributed by atoms with van der Waals surface area (Å²) in [6.07, 6.45) is 0.689. The summed E-state index contributed by atoms with van der Waals surface area (Å²) in [7, 11) is 1.30. The van der Waals surface area contributed by atoms with Crippen molar-refractivity contribution in [2.45, 2.75) is 25.8 Å². The maximum absolute atomic E-state index is 12.4. The molecule has 7 nitrogen and oxygen atoms in total. The molecule has 1 aliphatic heterocycles. The first kappa shape index (κ1) is 17.9. The van der Waals surface area contributed by atoms with Crippen molar-refractivity contribution in [3.63, 3.8) is 0 Å². The van der Waals surface area contributed by atoms with E-state index in [0.717, 1.165) is 17.0 Å². The van der Waals surface area contributed by atoms with E-state index in [4.69, 9.17) is 4.74 Å². The first-order valence-electron chi connectivity index (χ1n) is 8.19. The highest BCUT2D eigenvalue weighted by atomic mass is 32.1. The molecule has 2 amide bonds. The molecule has 2 aromatic rings. The fourth-order valence-corrected chi connectivity index (χ4v) is 3.67. The number of nitrogens with one attached hydrogen (secondary N) is 3. The molecule has 0 saturated carbocycles. The van der Waals surface area contributed by atoms with Gasteiger partial charge in [-0.15, -0.1) is 11.3 Å². The molecule has 1 aromatic heterocycles. The third-order valence-electron chi connectivity index (χ3n) is 4.01. The molecule has 0 unspecified atom stereocenters. The van der Waals surface area contributed by atoms with Gasteiger partial charge in [0.25, 0.3) is 0 Å². The first-order valence-corrected chi connectivity index (χ1v) is 9.00. The van der Waals surface area contributed by atoms with E-state index in [2.05, 4.69) is 16.0 Å². The highest BCUT2D eigenvalue weighted by Crippen LogP contribution is 2.30. The van der Waals surface area contributed by atoms with Gasteiger partial charge in [-0.1, -0.05) is 19.1 Å². The number of fused-ring (bicyclic) bond motifs is 1. The number of thiophene rings is 1. The van der Waals surface area contributed by atoms with Crippen LogP contribution in [-0.4, -0.2) is 30.9 Å². The van der Waals surface area contributed by atoms with E-state index in [9.17, 15) is 14.4 Å². The molecule has 0 bridgehead atoms. The Morgan fingerprint density at radius 3 is 2.69 bits per heavy atom. The van der Waals surface area contributed by atoms with E-state index in [1.165, 1.54) is 18.4 Å². The van der Waals surface area contributed by atoms with E-state index in [0.29, 0.717) is 16.3 Å². The summed E-state index contributed by atoms with van der Waals surface area (Å²) in [6.45, 7) is 1.96. The Labute approximate surface area is 154 Å². The lowest BCUT2D eigenvalue weighted by atomic mass is 10.1. The number of esters is 1. The summed E-state index contributed by atoms with van der Waals surface area (Å²) in [5.74, 6) is -1.13. The quantitative estimate of drug-likeness (QED) is 0.701. The lowest BCUT2D eigenvalue weighted by molar-refractivity contribution is -0.122. The van der Waals surface area contributed by atoms with Crippen LogP contribution in [0.2, 0.25) is 0 Å². The van der Waals surface area contributed by atoms with Gasteiger partial charge >= 0.3 is 5.97 Å². The SMILES string of the molecule is CCc1cc(C(=O)OC)c(NC(=O)C[C@@H]2Nc3ccccc3NC2=O)s1. The number of carbonyl (C=O) groups excluding carboxylic acids is 3. The Hall–Kier alpha value is -2.87. The van der Waals surface area contributed by atoms with Crippen LogP contribution < -0.4 is 16.0 Å². The number of hydrogen-bond donors (Lipinski definition) is 3. The zero-order chi connectivity index (χ0) is 18.7. The molecular formula is C18H19N3O4S. The van der Waals surface area contributed by atoms with Crippen molar-refractivity contribution < 1.29 is 19.1 Å².